The molecular formula is C24H22N5. The van der Waals surface area contributed by atoms with Crippen LogP contribution in [0, 0.1) is 6.07 Å². The minimum atomic E-state index is 0.517. The highest BCUT2D eigenvalue weighted by atomic mass is 15.2. The molecule has 29 heavy (non-hydrogen) atoms. The van der Waals surface area contributed by atoms with Crippen molar-refractivity contribution in [2.75, 3.05) is 16.0 Å². The molecule has 0 atom stereocenters. The number of nitrogens with one attached hydrogen (secondary N) is 1. The third kappa shape index (κ3) is 4.71. The van der Waals surface area contributed by atoms with Gasteiger partial charge < -0.3 is 16.0 Å². The first-order valence-electron chi connectivity index (χ1n) is 9.46. The van der Waals surface area contributed by atoms with Crippen LogP contribution in [0.3, 0.4) is 0 Å². The van der Waals surface area contributed by atoms with Crippen LogP contribution in [0.15, 0.2) is 91.3 Å². The van der Waals surface area contributed by atoms with Crippen molar-refractivity contribution in [3.63, 3.8) is 0 Å². The number of hydrogen-bond acceptors (Lipinski definition) is 5. The number of nitrogens with two attached hydrogens (primary N) is 1. The van der Waals surface area contributed by atoms with E-state index in [4.69, 9.17) is 5.73 Å². The van der Waals surface area contributed by atoms with Crippen molar-refractivity contribution in [1.29, 1.82) is 0 Å². The van der Waals surface area contributed by atoms with E-state index in [-0.39, 0.29) is 0 Å². The summed E-state index contributed by atoms with van der Waals surface area (Å²) in [5, 5.41) is 3.26. The van der Waals surface area contributed by atoms with Crippen LogP contribution in [0.2, 0.25) is 0 Å². The van der Waals surface area contributed by atoms with Gasteiger partial charge in [-0.05, 0) is 29.3 Å². The Kier molecular flexibility index (Phi) is 5.67. The second kappa shape index (κ2) is 8.89. The quantitative estimate of drug-likeness (QED) is 0.482. The van der Waals surface area contributed by atoms with Gasteiger partial charge in [-0.25, -0.2) is 9.97 Å². The smallest absolute Gasteiger partial charge is 0.159 e. The summed E-state index contributed by atoms with van der Waals surface area (Å²) in [5.41, 5.74) is 10.3. The molecule has 1 aromatic heterocycles. The fourth-order valence-corrected chi connectivity index (χ4v) is 3.16. The molecule has 143 valence electrons. The summed E-state index contributed by atoms with van der Waals surface area (Å²) < 4.78 is 0. The van der Waals surface area contributed by atoms with Gasteiger partial charge in [0.05, 0.1) is 0 Å². The number of benzene rings is 3. The molecule has 4 rings (SSSR count). The summed E-state index contributed by atoms with van der Waals surface area (Å²) in [5.74, 6) is 1.29. The molecular weight excluding hydrogens is 358 g/mol. The predicted molar refractivity (Wildman–Crippen MR) is 118 cm³/mol. The lowest BCUT2D eigenvalue weighted by Crippen LogP contribution is -2.24. The molecule has 1 radical (unpaired) electrons. The normalized spacial score (nSPS) is 10.5. The zero-order chi connectivity index (χ0) is 19.9. The Morgan fingerprint density at radius 3 is 2.07 bits per heavy atom. The SMILES string of the molecule is Nc1c(Nc2c[c]ccc2)ncnc1N(Cc1ccccc1)Cc1ccccc1. The summed E-state index contributed by atoms with van der Waals surface area (Å²) in [6, 6.07) is 31.2. The molecule has 0 aliphatic carbocycles. The molecule has 0 fully saturated rings. The van der Waals surface area contributed by atoms with Crippen molar-refractivity contribution in [2.24, 2.45) is 0 Å². The Labute approximate surface area is 170 Å². The standard InChI is InChI=1S/C24H22N5/c25-22-23(28-21-14-8-3-9-15-21)26-18-27-24(22)29(16-19-10-4-1-5-11-19)17-20-12-6-2-7-13-20/h1-8,10-15,18H,16-17,25H2,(H,26,27,28). The molecule has 0 bridgehead atoms. The Balaban J connectivity index is 1.67. The van der Waals surface area contributed by atoms with E-state index >= 15 is 0 Å². The maximum atomic E-state index is 6.50. The first-order chi connectivity index (χ1) is 14.3. The van der Waals surface area contributed by atoms with Crippen LogP contribution in [0.4, 0.5) is 23.0 Å². The van der Waals surface area contributed by atoms with Gasteiger partial charge in [-0.15, -0.1) is 0 Å². The van der Waals surface area contributed by atoms with Crippen LogP contribution in [0.1, 0.15) is 11.1 Å². The monoisotopic (exact) mass is 380 g/mol. The van der Waals surface area contributed by atoms with Crippen LogP contribution in [-0.2, 0) is 13.1 Å². The van der Waals surface area contributed by atoms with Crippen LogP contribution in [0.5, 0.6) is 0 Å². The Morgan fingerprint density at radius 1 is 0.828 bits per heavy atom. The van der Waals surface area contributed by atoms with Gasteiger partial charge in [0.15, 0.2) is 11.6 Å². The number of aromatic nitrogens is 2. The molecule has 5 nitrogen and oxygen atoms in total. The molecule has 0 amide bonds. The summed E-state index contributed by atoms with van der Waals surface area (Å²) in [6.45, 7) is 1.38. The minimum Gasteiger partial charge on any atom is -0.393 e. The van der Waals surface area contributed by atoms with Gasteiger partial charge in [0, 0.05) is 18.8 Å². The van der Waals surface area contributed by atoms with E-state index in [1.54, 1.807) is 6.33 Å². The zero-order valence-electron chi connectivity index (χ0n) is 16.0. The molecule has 0 spiro atoms. The average molecular weight is 380 g/mol. The van der Waals surface area contributed by atoms with Crippen LogP contribution >= 0.6 is 0 Å². The van der Waals surface area contributed by atoms with Crippen molar-refractivity contribution in [3.05, 3.63) is 108 Å². The molecule has 0 aliphatic heterocycles. The first kappa shape index (κ1) is 18.5. The molecule has 1 heterocycles. The van der Waals surface area contributed by atoms with E-state index in [0.29, 0.717) is 30.4 Å². The maximum absolute atomic E-state index is 6.50. The molecule has 3 N–H and O–H groups in total. The Hall–Kier alpha value is -3.86. The lowest BCUT2D eigenvalue weighted by molar-refractivity contribution is 0.782. The predicted octanol–water partition coefficient (Wildman–Crippen LogP) is 4.81. The molecule has 0 saturated carbocycles. The van der Waals surface area contributed by atoms with Gasteiger partial charge in [-0.3, -0.25) is 0 Å². The van der Waals surface area contributed by atoms with Gasteiger partial charge in [0.25, 0.3) is 0 Å². The second-order valence-electron chi connectivity index (χ2n) is 6.70. The average Bonchev–Trinajstić information content (AvgIpc) is 2.77. The topological polar surface area (TPSA) is 67.1 Å². The summed E-state index contributed by atoms with van der Waals surface area (Å²) in [7, 11) is 0. The van der Waals surface area contributed by atoms with Gasteiger partial charge in [0.1, 0.15) is 12.0 Å². The largest absolute Gasteiger partial charge is 0.393 e. The number of rotatable bonds is 7. The molecule has 3 aromatic carbocycles. The van der Waals surface area contributed by atoms with Crippen molar-refractivity contribution in [2.45, 2.75) is 13.1 Å². The summed E-state index contributed by atoms with van der Waals surface area (Å²) >= 11 is 0. The van der Waals surface area contributed by atoms with E-state index in [1.807, 2.05) is 60.7 Å². The number of hydrogen-bond donors (Lipinski definition) is 2. The fraction of sp³-hybridized carbons (Fsp3) is 0.0833. The highest BCUT2D eigenvalue weighted by molar-refractivity contribution is 5.78. The lowest BCUT2D eigenvalue weighted by atomic mass is 10.1. The zero-order valence-corrected chi connectivity index (χ0v) is 16.0. The van der Waals surface area contributed by atoms with Gasteiger partial charge in [-0.2, -0.15) is 0 Å². The third-order valence-corrected chi connectivity index (χ3v) is 4.56. The van der Waals surface area contributed by atoms with Gasteiger partial charge >= 0.3 is 0 Å². The molecule has 4 aromatic rings. The van der Waals surface area contributed by atoms with Crippen LogP contribution < -0.4 is 16.0 Å². The molecule has 0 unspecified atom stereocenters. The first-order valence-corrected chi connectivity index (χ1v) is 9.46. The molecule has 0 aliphatic rings. The van der Waals surface area contributed by atoms with E-state index in [9.17, 15) is 0 Å². The van der Waals surface area contributed by atoms with Crippen LogP contribution in [-0.4, -0.2) is 9.97 Å². The second-order valence-corrected chi connectivity index (χ2v) is 6.70. The number of anilines is 4. The van der Waals surface area contributed by atoms with E-state index in [1.165, 1.54) is 11.1 Å². The lowest BCUT2D eigenvalue weighted by Gasteiger charge is -2.26. The van der Waals surface area contributed by atoms with E-state index in [2.05, 4.69) is 50.5 Å². The highest BCUT2D eigenvalue weighted by Crippen LogP contribution is 2.30. The summed E-state index contributed by atoms with van der Waals surface area (Å²) in [4.78, 5) is 11.0. The van der Waals surface area contributed by atoms with Crippen molar-refractivity contribution in [1.82, 2.24) is 9.97 Å². The maximum Gasteiger partial charge on any atom is 0.159 e. The molecule has 5 heteroatoms. The third-order valence-electron chi connectivity index (χ3n) is 4.56. The van der Waals surface area contributed by atoms with Crippen molar-refractivity contribution in [3.8, 4) is 0 Å². The fourth-order valence-electron chi connectivity index (χ4n) is 3.16. The number of nitrogen functional groups attached to an aromatic ring is 1. The summed E-state index contributed by atoms with van der Waals surface area (Å²) in [6.07, 6.45) is 1.55. The van der Waals surface area contributed by atoms with E-state index in [0.717, 1.165) is 5.69 Å². The molecule has 0 saturated heterocycles. The van der Waals surface area contributed by atoms with Crippen LogP contribution in [0.25, 0.3) is 0 Å². The van der Waals surface area contributed by atoms with Gasteiger partial charge in [-0.1, -0.05) is 72.8 Å². The Morgan fingerprint density at radius 2 is 1.48 bits per heavy atom. The Bertz CT molecular complexity index is 995. The number of nitrogens with zero attached hydrogens (tertiary/aromatic N) is 3. The van der Waals surface area contributed by atoms with E-state index < -0.39 is 0 Å². The highest BCUT2D eigenvalue weighted by Gasteiger charge is 2.16. The minimum absolute atomic E-state index is 0.517. The van der Waals surface area contributed by atoms with Crippen molar-refractivity contribution >= 4 is 23.0 Å². The van der Waals surface area contributed by atoms with Crippen molar-refractivity contribution < 1.29 is 0 Å². The van der Waals surface area contributed by atoms with Gasteiger partial charge in [0.2, 0.25) is 0 Å².